The second-order valence-corrected chi connectivity index (χ2v) is 5.03. The predicted octanol–water partition coefficient (Wildman–Crippen LogP) is 4.19. The van der Waals surface area contributed by atoms with E-state index in [0.29, 0.717) is 10.1 Å². The van der Waals surface area contributed by atoms with Gasteiger partial charge < -0.3 is 10.6 Å². The molecule has 2 N–H and O–H groups in total. The summed E-state index contributed by atoms with van der Waals surface area (Å²) in [5, 5.41) is 7.51. The number of hydrogen-bond acceptors (Lipinski definition) is 1. The monoisotopic (exact) mass is 320 g/mol. The fourth-order valence-corrected chi connectivity index (χ4v) is 1.77. The molecule has 1 aromatic carbocycles. The van der Waals surface area contributed by atoms with E-state index in [1.807, 2.05) is 18.2 Å². The fourth-order valence-electron chi connectivity index (χ4n) is 1.13. The zero-order valence-electron chi connectivity index (χ0n) is 9.02. The van der Waals surface area contributed by atoms with Crippen molar-refractivity contribution in [3.05, 3.63) is 27.7 Å². The van der Waals surface area contributed by atoms with Crippen molar-refractivity contribution >= 4 is 50.5 Å². The van der Waals surface area contributed by atoms with Crippen molar-refractivity contribution in [3.8, 4) is 0 Å². The van der Waals surface area contributed by atoms with Crippen LogP contribution in [0.2, 0.25) is 5.02 Å². The summed E-state index contributed by atoms with van der Waals surface area (Å²) in [7, 11) is 0. The summed E-state index contributed by atoms with van der Waals surface area (Å²) >= 11 is 14.5. The maximum atomic E-state index is 5.97. The third-order valence-electron chi connectivity index (χ3n) is 1.99. The smallest absolute Gasteiger partial charge is 0.170 e. The van der Waals surface area contributed by atoms with Crippen molar-refractivity contribution in [2.24, 2.45) is 0 Å². The Labute approximate surface area is 115 Å². The number of rotatable bonds is 4. The highest BCUT2D eigenvalue weighted by Gasteiger charge is 2.00. The van der Waals surface area contributed by atoms with E-state index in [1.54, 1.807) is 0 Å². The van der Waals surface area contributed by atoms with Crippen molar-refractivity contribution in [1.82, 2.24) is 5.32 Å². The highest BCUT2D eigenvalue weighted by molar-refractivity contribution is 9.10. The van der Waals surface area contributed by atoms with Gasteiger partial charge in [0.15, 0.2) is 5.11 Å². The molecule has 0 saturated carbocycles. The van der Waals surface area contributed by atoms with Crippen molar-refractivity contribution in [3.63, 3.8) is 0 Å². The minimum absolute atomic E-state index is 0.631. The molecule has 0 spiro atoms. The molecule has 0 radical (unpaired) electrons. The fraction of sp³-hybridized carbons (Fsp3) is 0.364. The second kappa shape index (κ2) is 7.09. The first kappa shape index (κ1) is 13.7. The Morgan fingerprint density at radius 3 is 2.88 bits per heavy atom. The van der Waals surface area contributed by atoms with Gasteiger partial charge in [-0.3, -0.25) is 0 Å². The lowest BCUT2D eigenvalue weighted by Crippen LogP contribution is -2.29. The summed E-state index contributed by atoms with van der Waals surface area (Å²) in [6, 6.07) is 5.64. The largest absolute Gasteiger partial charge is 0.362 e. The van der Waals surface area contributed by atoms with Gasteiger partial charge in [0, 0.05) is 16.7 Å². The Kier molecular flexibility index (Phi) is 6.09. The Hall–Kier alpha value is -0.320. The minimum atomic E-state index is 0.631. The molecule has 0 aromatic heterocycles. The Balaban J connectivity index is 2.46. The number of unbranched alkanes of at least 4 members (excludes halogenated alkanes) is 1. The van der Waals surface area contributed by atoms with E-state index in [9.17, 15) is 0 Å². The molecule has 16 heavy (non-hydrogen) atoms. The van der Waals surface area contributed by atoms with Gasteiger partial charge in [-0.2, -0.15) is 0 Å². The van der Waals surface area contributed by atoms with Crippen molar-refractivity contribution in [1.29, 1.82) is 0 Å². The van der Waals surface area contributed by atoms with Gasteiger partial charge in [0.05, 0.1) is 5.02 Å². The third-order valence-corrected chi connectivity index (χ3v) is 3.47. The molecule has 0 aliphatic rings. The van der Waals surface area contributed by atoms with Crippen molar-refractivity contribution < 1.29 is 0 Å². The molecule has 1 aromatic rings. The van der Waals surface area contributed by atoms with Gasteiger partial charge >= 0.3 is 0 Å². The molecular formula is C11H14BrClN2S. The van der Waals surface area contributed by atoms with Crippen LogP contribution in [0, 0.1) is 0 Å². The van der Waals surface area contributed by atoms with E-state index in [-0.39, 0.29) is 0 Å². The van der Waals surface area contributed by atoms with Crippen LogP contribution in [0.15, 0.2) is 22.7 Å². The topological polar surface area (TPSA) is 24.1 Å². The number of anilines is 1. The van der Waals surface area contributed by atoms with Crippen LogP contribution >= 0.6 is 39.7 Å². The maximum absolute atomic E-state index is 5.97. The van der Waals surface area contributed by atoms with E-state index < -0.39 is 0 Å². The molecule has 5 heteroatoms. The van der Waals surface area contributed by atoms with Crippen LogP contribution in [0.1, 0.15) is 19.8 Å². The molecule has 0 saturated heterocycles. The molecule has 0 aliphatic carbocycles. The molecule has 88 valence electrons. The predicted molar refractivity (Wildman–Crippen MR) is 78.3 cm³/mol. The first-order valence-corrected chi connectivity index (χ1v) is 6.71. The normalized spacial score (nSPS) is 9.94. The molecule has 0 aliphatic heterocycles. The molecule has 0 unspecified atom stereocenters. The van der Waals surface area contributed by atoms with Gasteiger partial charge in [-0.15, -0.1) is 0 Å². The van der Waals surface area contributed by atoms with Crippen LogP contribution in [0.4, 0.5) is 5.69 Å². The van der Waals surface area contributed by atoms with Crippen molar-refractivity contribution in [2.45, 2.75) is 19.8 Å². The summed E-state index contributed by atoms with van der Waals surface area (Å²) in [6.45, 7) is 3.04. The van der Waals surface area contributed by atoms with Crippen molar-refractivity contribution in [2.75, 3.05) is 11.9 Å². The minimum Gasteiger partial charge on any atom is -0.362 e. The van der Waals surface area contributed by atoms with E-state index in [0.717, 1.165) is 29.5 Å². The van der Waals surface area contributed by atoms with Crippen LogP contribution in [-0.4, -0.2) is 11.7 Å². The highest BCUT2D eigenvalue weighted by Crippen LogP contribution is 2.25. The maximum Gasteiger partial charge on any atom is 0.170 e. The van der Waals surface area contributed by atoms with E-state index in [1.165, 1.54) is 0 Å². The van der Waals surface area contributed by atoms with Crippen LogP contribution in [0.5, 0.6) is 0 Å². The standard InChI is InChI=1S/C11H14BrClN2S/c1-2-3-6-14-11(16)15-8-4-5-9(12)10(13)7-8/h4-5,7H,2-3,6H2,1H3,(H2,14,15,16). The highest BCUT2D eigenvalue weighted by atomic mass is 79.9. The summed E-state index contributed by atoms with van der Waals surface area (Å²) in [6.07, 6.45) is 2.27. The van der Waals surface area contributed by atoms with Crippen LogP contribution in [0.25, 0.3) is 0 Å². The van der Waals surface area contributed by atoms with E-state index in [2.05, 4.69) is 33.5 Å². The first-order valence-electron chi connectivity index (χ1n) is 5.13. The number of nitrogens with one attached hydrogen (secondary N) is 2. The van der Waals surface area contributed by atoms with Gasteiger partial charge in [0.1, 0.15) is 0 Å². The molecule has 0 bridgehead atoms. The zero-order chi connectivity index (χ0) is 12.0. The van der Waals surface area contributed by atoms with Gasteiger partial charge in [0.25, 0.3) is 0 Å². The number of halogens is 2. The lowest BCUT2D eigenvalue weighted by atomic mass is 10.3. The van der Waals surface area contributed by atoms with Gasteiger partial charge in [0.2, 0.25) is 0 Å². The summed E-state index contributed by atoms with van der Waals surface area (Å²) in [4.78, 5) is 0. The first-order chi connectivity index (χ1) is 7.63. The molecule has 2 nitrogen and oxygen atoms in total. The number of hydrogen-bond donors (Lipinski definition) is 2. The molecule has 0 fully saturated rings. The zero-order valence-corrected chi connectivity index (χ0v) is 12.2. The summed E-state index contributed by atoms with van der Waals surface area (Å²) < 4.78 is 0.879. The SMILES string of the molecule is CCCCNC(=S)Nc1ccc(Br)c(Cl)c1. The third kappa shape index (κ3) is 4.68. The summed E-state index contributed by atoms with van der Waals surface area (Å²) in [5.41, 5.74) is 0.891. The molecular weight excluding hydrogens is 308 g/mol. The molecule has 0 heterocycles. The van der Waals surface area contributed by atoms with Crippen LogP contribution in [-0.2, 0) is 0 Å². The molecule has 1 rings (SSSR count). The average molecular weight is 322 g/mol. The van der Waals surface area contributed by atoms with Crippen LogP contribution in [0.3, 0.4) is 0 Å². The second-order valence-electron chi connectivity index (χ2n) is 3.36. The quantitative estimate of drug-likeness (QED) is 0.642. The van der Waals surface area contributed by atoms with Gasteiger partial charge in [-0.05, 0) is 52.8 Å². The Morgan fingerprint density at radius 1 is 1.50 bits per heavy atom. The lowest BCUT2D eigenvalue weighted by Gasteiger charge is -2.10. The Bertz CT molecular complexity index is 371. The van der Waals surface area contributed by atoms with E-state index >= 15 is 0 Å². The Morgan fingerprint density at radius 2 is 2.25 bits per heavy atom. The average Bonchev–Trinajstić information content (AvgIpc) is 2.24. The molecule has 0 amide bonds. The lowest BCUT2D eigenvalue weighted by molar-refractivity contribution is 0.758. The van der Waals surface area contributed by atoms with Gasteiger partial charge in [-0.1, -0.05) is 24.9 Å². The van der Waals surface area contributed by atoms with E-state index in [4.69, 9.17) is 23.8 Å². The number of benzene rings is 1. The molecule has 0 atom stereocenters. The van der Waals surface area contributed by atoms with Gasteiger partial charge in [-0.25, -0.2) is 0 Å². The van der Waals surface area contributed by atoms with Crippen LogP contribution < -0.4 is 10.6 Å². The number of thiocarbonyl (C=S) groups is 1. The summed E-state index contributed by atoms with van der Waals surface area (Å²) in [5.74, 6) is 0.